The molecule has 0 aliphatic rings. The van der Waals surface area contributed by atoms with Gasteiger partial charge in [-0.15, -0.1) is 0 Å². The first kappa shape index (κ1) is 13.8. The number of pyridine rings is 1. The van der Waals surface area contributed by atoms with E-state index >= 15 is 0 Å². The van der Waals surface area contributed by atoms with Crippen LogP contribution in [0.25, 0.3) is 0 Å². The summed E-state index contributed by atoms with van der Waals surface area (Å²) in [4.78, 5) is 16.0. The van der Waals surface area contributed by atoms with Crippen molar-refractivity contribution in [2.75, 3.05) is 6.61 Å². The molecule has 1 N–H and O–H groups in total. The van der Waals surface area contributed by atoms with E-state index in [9.17, 15) is 4.79 Å². The summed E-state index contributed by atoms with van der Waals surface area (Å²) < 4.78 is 5.36. The maximum absolute atomic E-state index is 12.0. The highest BCUT2D eigenvalue weighted by molar-refractivity contribution is 5.94. The summed E-state index contributed by atoms with van der Waals surface area (Å²) in [6.45, 7) is 4.49. The highest BCUT2D eigenvalue weighted by Crippen LogP contribution is 2.12. The number of amides is 1. The van der Waals surface area contributed by atoms with E-state index in [2.05, 4.69) is 16.9 Å². The van der Waals surface area contributed by atoms with Crippen LogP contribution in [0.5, 0.6) is 5.75 Å². The van der Waals surface area contributed by atoms with Gasteiger partial charge >= 0.3 is 0 Å². The van der Waals surface area contributed by atoms with Crippen molar-refractivity contribution in [1.82, 2.24) is 10.3 Å². The van der Waals surface area contributed by atoms with Crippen LogP contribution in [0.3, 0.4) is 0 Å². The molecule has 0 aliphatic carbocycles. The third-order valence-corrected chi connectivity index (χ3v) is 2.66. The molecule has 102 valence electrons. The van der Waals surface area contributed by atoms with Gasteiger partial charge in [-0.2, -0.15) is 0 Å². The highest BCUT2D eigenvalue weighted by atomic mass is 16.5. The van der Waals surface area contributed by atoms with Gasteiger partial charge in [-0.05, 0) is 35.9 Å². The molecule has 0 unspecified atom stereocenters. The lowest BCUT2D eigenvalue weighted by molar-refractivity contribution is 0.0951. The maximum Gasteiger partial charge on any atom is 0.251 e. The van der Waals surface area contributed by atoms with Gasteiger partial charge in [-0.25, -0.2) is 0 Å². The van der Waals surface area contributed by atoms with Crippen molar-refractivity contribution in [3.8, 4) is 5.75 Å². The molecule has 1 heterocycles. The monoisotopic (exact) mass is 268 g/mol. The molecular formula is C16H16N2O2. The summed E-state index contributed by atoms with van der Waals surface area (Å²) in [6.07, 6.45) is 5.11. The fraction of sp³-hybridized carbons (Fsp3) is 0.125. The third kappa shape index (κ3) is 3.95. The van der Waals surface area contributed by atoms with E-state index in [0.29, 0.717) is 24.5 Å². The average Bonchev–Trinajstić information content (AvgIpc) is 2.52. The van der Waals surface area contributed by atoms with Crippen LogP contribution in [-0.4, -0.2) is 17.5 Å². The number of carbonyl (C=O) groups excluding carboxylic acids is 1. The Morgan fingerprint density at radius 3 is 2.75 bits per heavy atom. The van der Waals surface area contributed by atoms with Crippen molar-refractivity contribution in [3.63, 3.8) is 0 Å². The van der Waals surface area contributed by atoms with Gasteiger partial charge in [0.2, 0.25) is 0 Å². The normalized spacial score (nSPS) is 9.80. The first-order valence-electron chi connectivity index (χ1n) is 6.30. The van der Waals surface area contributed by atoms with E-state index in [0.717, 1.165) is 5.56 Å². The van der Waals surface area contributed by atoms with Crippen LogP contribution in [0, 0.1) is 0 Å². The Labute approximate surface area is 118 Å². The number of carbonyl (C=O) groups is 1. The van der Waals surface area contributed by atoms with Crippen LogP contribution in [0.15, 0.2) is 61.4 Å². The van der Waals surface area contributed by atoms with E-state index < -0.39 is 0 Å². The van der Waals surface area contributed by atoms with Gasteiger partial charge in [0.15, 0.2) is 0 Å². The minimum Gasteiger partial charge on any atom is -0.490 e. The Balaban J connectivity index is 1.90. The number of rotatable bonds is 6. The van der Waals surface area contributed by atoms with Crippen LogP contribution >= 0.6 is 0 Å². The van der Waals surface area contributed by atoms with E-state index in [4.69, 9.17) is 4.74 Å². The predicted molar refractivity (Wildman–Crippen MR) is 77.5 cm³/mol. The Morgan fingerprint density at radius 2 is 2.10 bits per heavy atom. The Morgan fingerprint density at radius 1 is 1.30 bits per heavy atom. The molecule has 0 fully saturated rings. The number of aromatic nitrogens is 1. The molecule has 2 aromatic rings. The number of hydrogen-bond acceptors (Lipinski definition) is 3. The van der Waals surface area contributed by atoms with Crippen molar-refractivity contribution in [1.29, 1.82) is 0 Å². The van der Waals surface area contributed by atoms with Crippen molar-refractivity contribution in [3.05, 3.63) is 72.6 Å². The first-order valence-corrected chi connectivity index (χ1v) is 6.30. The van der Waals surface area contributed by atoms with Crippen LogP contribution in [0.1, 0.15) is 15.9 Å². The van der Waals surface area contributed by atoms with E-state index in [1.54, 1.807) is 42.7 Å². The molecule has 0 saturated heterocycles. The molecule has 1 aromatic carbocycles. The van der Waals surface area contributed by atoms with Gasteiger partial charge in [0, 0.05) is 24.5 Å². The average molecular weight is 268 g/mol. The number of benzene rings is 1. The number of nitrogens with zero attached hydrogens (tertiary/aromatic N) is 1. The Kier molecular flexibility index (Phi) is 4.89. The highest BCUT2D eigenvalue weighted by Gasteiger charge is 2.05. The predicted octanol–water partition coefficient (Wildman–Crippen LogP) is 2.58. The maximum atomic E-state index is 12.0. The zero-order chi connectivity index (χ0) is 14.2. The summed E-state index contributed by atoms with van der Waals surface area (Å²) >= 11 is 0. The van der Waals surface area contributed by atoms with Crippen LogP contribution in [0.4, 0.5) is 0 Å². The molecule has 0 aliphatic heterocycles. The Hall–Kier alpha value is -2.62. The quantitative estimate of drug-likeness (QED) is 0.819. The van der Waals surface area contributed by atoms with Gasteiger partial charge in [0.1, 0.15) is 12.4 Å². The standard InChI is InChI=1S/C16H16N2O2/c1-2-10-20-15-7-5-14(6-8-15)16(19)18-12-13-4-3-9-17-11-13/h2-9,11H,1,10,12H2,(H,18,19). The second kappa shape index (κ2) is 7.09. The third-order valence-electron chi connectivity index (χ3n) is 2.66. The van der Waals surface area contributed by atoms with Crippen LogP contribution < -0.4 is 10.1 Å². The molecule has 2 rings (SSSR count). The molecule has 20 heavy (non-hydrogen) atoms. The molecular weight excluding hydrogens is 252 g/mol. The summed E-state index contributed by atoms with van der Waals surface area (Å²) in [5, 5.41) is 2.84. The number of hydrogen-bond donors (Lipinski definition) is 1. The van der Waals surface area contributed by atoms with Crippen molar-refractivity contribution in [2.45, 2.75) is 6.54 Å². The van der Waals surface area contributed by atoms with E-state index in [-0.39, 0.29) is 5.91 Å². The summed E-state index contributed by atoms with van der Waals surface area (Å²) in [5.74, 6) is 0.595. The van der Waals surface area contributed by atoms with E-state index in [1.165, 1.54) is 0 Å². The lowest BCUT2D eigenvalue weighted by Gasteiger charge is -2.06. The van der Waals surface area contributed by atoms with Gasteiger partial charge in [-0.3, -0.25) is 9.78 Å². The Bertz CT molecular complexity index is 565. The molecule has 4 heteroatoms. The van der Waals surface area contributed by atoms with Gasteiger partial charge in [0.05, 0.1) is 0 Å². The molecule has 0 saturated carbocycles. The number of nitrogens with one attached hydrogen (secondary N) is 1. The van der Waals surface area contributed by atoms with Gasteiger partial charge in [-0.1, -0.05) is 18.7 Å². The smallest absolute Gasteiger partial charge is 0.251 e. The van der Waals surface area contributed by atoms with Crippen molar-refractivity contribution >= 4 is 5.91 Å². The summed E-state index contributed by atoms with van der Waals surface area (Å²) in [6, 6.07) is 10.8. The zero-order valence-corrected chi connectivity index (χ0v) is 11.1. The summed E-state index contributed by atoms with van der Waals surface area (Å²) in [7, 11) is 0. The fourth-order valence-corrected chi connectivity index (χ4v) is 1.64. The van der Waals surface area contributed by atoms with Crippen LogP contribution in [0.2, 0.25) is 0 Å². The molecule has 0 radical (unpaired) electrons. The molecule has 1 amide bonds. The molecule has 0 spiro atoms. The largest absolute Gasteiger partial charge is 0.490 e. The molecule has 0 atom stereocenters. The molecule has 1 aromatic heterocycles. The molecule has 4 nitrogen and oxygen atoms in total. The summed E-state index contributed by atoms with van der Waals surface area (Å²) in [5.41, 5.74) is 1.56. The topological polar surface area (TPSA) is 51.2 Å². The minimum absolute atomic E-state index is 0.121. The van der Waals surface area contributed by atoms with Crippen molar-refractivity contribution in [2.24, 2.45) is 0 Å². The van der Waals surface area contributed by atoms with Crippen molar-refractivity contribution < 1.29 is 9.53 Å². The van der Waals surface area contributed by atoms with Gasteiger partial charge < -0.3 is 10.1 Å². The fourth-order valence-electron chi connectivity index (χ4n) is 1.64. The number of ether oxygens (including phenoxy) is 1. The lowest BCUT2D eigenvalue weighted by Crippen LogP contribution is -2.22. The van der Waals surface area contributed by atoms with Gasteiger partial charge in [0.25, 0.3) is 5.91 Å². The van der Waals surface area contributed by atoms with Crippen LogP contribution in [-0.2, 0) is 6.54 Å². The van der Waals surface area contributed by atoms with E-state index in [1.807, 2.05) is 12.1 Å². The second-order valence-corrected chi connectivity index (χ2v) is 4.17. The second-order valence-electron chi connectivity index (χ2n) is 4.17. The zero-order valence-electron chi connectivity index (χ0n) is 11.1. The SMILES string of the molecule is C=CCOc1ccc(C(=O)NCc2cccnc2)cc1. The minimum atomic E-state index is -0.121. The lowest BCUT2D eigenvalue weighted by atomic mass is 10.2. The molecule has 0 bridgehead atoms. The first-order chi connectivity index (χ1) is 9.79.